The number of unbranched alkanes of at least 4 members (excludes halogenated alkanes) is 3. The molecule has 0 aliphatic heterocycles. The largest absolute Gasteiger partial charge is 0.381 e. The van der Waals surface area contributed by atoms with E-state index in [1.165, 1.54) is 19.3 Å². The van der Waals surface area contributed by atoms with Crippen molar-refractivity contribution in [2.45, 2.75) is 58.2 Å². The molecule has 0 aromatic carbocycles. The molecule has 0 aliphatic carbocycles. The summed E-state index contributed by atoms with van der Waals surface area (Å²) >= 11 is 0. The Kier molecular flexibility index (Phi) is 8.48. The predicted molar refractivity (Wildman–Crippen MR) is 63.0 cm³/mol. The molecule has 0 aromatic rings. The zero-order valence-corrected chi connectivity index (χ0v) is 10.9. The van der Waals surface area contributed by atoms with E-state index < -0.39 is 8.41 Å². The Morgan fingerprint density at radius 3 is 2.21 bits per heavy atom. The molecule has 0 radical (unpaired) electrons. The maximum absolute atomic E-state index is 13.1. The second kappa shape index (κ2) is 8.42. The summed E-state index contributed by atoms with van der Waals surface area (Å²) in [5.74, 6) is 0. The predicted octanol–water partition coefficient (Wildman–Crippen LogP) is 4.15. The third kappa shape index (κ3) is 12.1. The first kappa shape index (κ1) is 14.1. The Bertz CT molecular complexity index is 123. The third-order valence-electron chi connectivity index (χ3n) is 2.20. The van der Waals surface area contributed by atoms with Crippen LogP contribution in [0, 0.1) is 0 Å². The van der Waals surface area contributed by atoms with Crippen LogP contribution in [-0.4, -0.2) is 21.6 Å². The Hall–Kier alpha value is 0.107. The molecule has 0 unspecified atom stereocenters. The van der Waals surface area contributed by atoms with Gasteiger partial charge >= 0.3 is 0 Å². The van der Waals surface area contributed by atoms with Crippen molar-refractivity contribution in [3.05, 3.63) is 0 Å². The van der Waals surface area contributed by atoms with Gasteiger partial charge in [-0.3, -0.25) is 0 Å². The van der Waals surface area contributed by atoms with Crippen LogP contribution in [0.4, 0.5) is 4.11 Å². The molecule has 0 spiro atoms. The van der Waals surface area contributed by atoms with E-state index in [2.05, 4.69) is 6.92 Å². The smallest absolute Gasteiger partial charge is 0.241 e. The summed E-state index contributed by atoms with van der Waals surface area (Å²) in [6, 6.07) is 0.738. The van der Waals surface area contributed by atoms with Crippen molar-refractivity contribution in [1.82, 2.24) is 0 Å². The van der Waals surface area contributed by atoms with Crippen LogP contribution in [0.5, 0.6) is 0 Å². The summed E-state index contributed by atoms with van der Waals surface area (Å²) in [5, 5.41) is 0. The van der Waals surface area contributed by atoms with Crippen molar-refractivity contribution in [3.8, 4) is 0 Å². The molecule has 0 saturated carbocycles. The van der Waals surface area contributed by atoms with Gasteiger partial charge in [0.2, 0.25) is 8.41 Å². The molecule has 1 nitrogen and oxygen atoms in total. The van der Waals surface area contributed by atoms with Crippen LogP contribution in [0.1, 0.15) is 39.0 Å². The maximum Gasteiger partial charge on any atom is 0.241 e. The van der Waals surface area contributed by atoms with Crippen LogP contribution < -0.4 is 0 Å². The molecule has 0 rings (SSSR count). The van der Waals surface area contributed by atoms with E-state index in [9.17, 15) is 4.11 Å². The monoisotopic (exact) mass is 220 g/mol. The lowest BCUT2D eigenvalue weighted by Crippen LogP contribution is -2.18. The lowest BCUT2D eigenvalue weighted by molar-refractivity contribution is 0.130. The summed E-state index contributed by atoms with van der Waals surface area (Å²) in [6.07, 6.45) is 5.88. The minimum Gasteiger partial charge on any atom is -0.381 e. The van der Waals surface area contributed by atoms with Gasteiger partial charge in [-0.1, -0.05) is 26.2 Å². The second-order valence-electron chi connectivity index (χ2n) is 4.50. The first-order chi connectivity index (χ1) is 6.56. The van der Waals surface area contributed by atoms with Crippen molar-refractivity contribution in [2.24, 2.45) is 0 Å². The molecule has 14 heavy (non-hydrogen) atoms. The van der Waals surface area contributed by atoms with Gasteiger partial charge in [0.25, 0.3) is 0 Å². The molecular formula is C11H25FOSi. The zero-order chi connectivity index (χ0) is 10.9. The fraction of sp³-hybridized carbons (Fsp3) is 1.00. The molecule has 0 amide bonds. The van der Waals surface area contributed by atoms with Gasteiger partial charge in [-0.05, 0) is 32.0 Å². The van der Waals surface area contributed by atoms with Gasteiger partial charge in [0, 0.05) is 13.2 Å². The number of hydrogen-bond acceptors (Lipinski definition) is 1. The normalized spacial score (nSPS) is 12.0. The zero-order valence-electron chi connectivity index (χ0n) is 9.94. The summed E-state index contributed by atoms with van der Waals surface area (Å²) in [7, 11) is -2.32. The van der Waals surface area contributed by atoms with Gasteiger partial charge in [0.05, 0.1) is 0 Å². The van der Waals surface area contributed by atoms with Crippen molar-refractivity contribution in [1.29, 1.82) is 0 Å². The Labute approximate surface area is 89.2 Å². The molecule has 3 heteroatoms. The van der Waals surface area contributed by atoms with Gasteiger partial charge < -0.3 is 8.84 Å². The number of halogens is 1. The first-order valence-electron chi connectivity index (χ1n) is 5.83. The topological polar surface area (TPSA) is 9.23 Å². The maximum atomic E-state index is 13.1. The van der Waals surface area contributed by atoms with Gasteiger partial charge in [-0.2, -0.15) is 0 Å². The highest BCUT2D eigenvalue weighted by Gasteiger charge is 2.18. The highest BCUT2D eigenvalue weighted by Crippen LogP contribution is 2.12. The number of rotatable bonds is 9. The van der Waals surface area contributed by atoms with E-state index in [0.29, 0.717) is 0 Å². The Morgan fingerprint density at radius 1 is 1.00 bits per heavy atom. The molecule has 0 aliphatic rings. The lowest BCUT2D eigenvalue weighted by Gasteiger charge is -2.10. The van der Waals surface area contributed by atoms with Crippen LogP contribution in [-0.2, 0) is 4.74 Å². The van der Waals surface area contributed by atoms with E-state index in [0.717, 1.165) is 32.1 Å². The van der Waals surface area contributed by atoms with E-state index in [1.54, 1.807) is 13.1 Å². The summed E-state index contributed by atoms with van der Waals surface area (Å²) < 4.78 is 18.6. The van der Waals surface area contributed by atoms with Gasteiger partial charge in [0.15, 0.2) is 0 Å². The lowest BCUT2D eigenvalue weighted by atomic mass is 10.2. The first-order valence-corrected chi connectivity index (χ1v) is 8.91. The van der Waals surface area contributed by atoms with Crippen molar-refractivity contribution in [3.63, 3.8) is 0 Å². The molecule has 0 N–H and O–H groups in total. The highest BCUT2D eigenvalue weighted by molar-refractivity contribution is 6.70. The average molecular weight is 220 g/mol. The highest BCUT2D eigenvalue weighted by atomic mass is 28.4. The minimum absolute atomic E-state index is 0.738. The van der Waals surface area contributed by atoms with Crippen LogP contribution in [0.2, 0.25) is 19.1 Å². The molecule has 86 valence electrons. The van der Waals surface area contributed by atoms with Crippen LogP contribution in [0.3, 0.4) is 0 Å². The fourth-order valence-corrected chi connectivity index (χ4v) is 2.31. The quantitative estimate of drug-likeness (QED) is 0.322. The Morgan fingerprint density at radius 2 is 1.64 bits per heavy atom. The van der Waals surface area contributed by atoms with E-state index in [-0.39, 0.29) is 0 Å². The number of ether oxygens (including phenoxy) is 1. The molecule has 0 fully saturated rings. The van der Waals surface area contributed by atoms with E-state index in [1.807, 2.05) is 0 Å². The number of hydrogen-bond donors (Lipinski definition) is 0. The summed E-state index contributed by atoms with van der Waals surface area (Å²) in [4.78, 5) is 0. The molecule has 0 aromatic heterocycles. The molecule has 0 atom stereocenters. The van der Waals surface area contributed by atoms with Gasteiger partial charge in [-0.25, -0.2) is 0 Å². The van der Waals surface area contributed by atoms with Crippen molar-refractivity contribution in [2.75, 3.05) is 13.2 Å². The van der Waals surface area contributed by atoms with Crippen molar-refractivity contribution >= 4 is 8.41 Å². The summed E-state index contributed by atoms with van der Waals surface area (Å²) in [5.41, 5.74) is 0. The third-order valence-corrected chi connectivity index (χ3v) is 3.74. The van der Waals surface area contributed by atoms with Crippen molar-refractivity contribution < 1.29 is 8.84 Å². The average Bonchev–Trinajstić information content (AvgIpc) is 2.08. The van der Waals surface area contributed by atoms with Gasteiger partial charge in [-0.15, -0.1) is 0 Å². The summed E-state index contributed by atoms with van der Waals surface area (Å²) in [6.45, 7) is 7.32. The van der Waals surface area contributed by atoms with Crippen LogP contribution in [0.15, 0.2) is 0 Å². The van der Waals surface area contributed by atoms with Gasteiger partial charge in [0.1, 0.15) is 0 Å². The van der Waals surface area contributed by atoms with E-state index in [4.69, 9.17) is 4.74 Å². The second-order valence-corrected chi connectivity index (χ2v) is 8.43. The molecular weight excluding hydrogens is 195 g/mol. The van der Waals surface area contributed by atoms with E-state index >= 15 is 0 Å². The fourth-order valence-electron chi connectivity index (χ4n) is 1.33. The minimum atomic E-state index is -2.32. The molecule has 0 saturated heterocycles. The Balaban J connectivity index is 2.99. The van der Waals surface area contributed by atoms with Crippen LogP contribution in [0.25, 0.3) is 0 Å². The molecule has 0 bridgehead atoms. The molecule has 0 heterocycles. The SMILES string of the molecule is CCCCCCOCCC[Si](C)(C)F. The standard InChI is InChI=1S/C11H25FOSi/c1-4-5-6-7-9-13-10-8-11-14(2,3)12/h4-11H2,1-3H3. The van der Waals surface area contributed by atoms with Crippen LogP contribution >= 0.6 is 0 Å².